The summed E-state index contributed by atoms with van der Waals surface area (Å²) >= 11 is 0. The van der Waals surface area contributed by atoms with Crippen molar-refractivity contribution >= 4 is 23.2 Å². The Bertz CT molecular complexity index is 850. The minimum atomic E-state index is -0.236. The van der Waals surface area contributed by atoms with Crippen molar-refractivity contribution in [2.75, 3.05) is 30.7 Å². The Balaban J connectivity index is 1.67. The minimum Gasteiger partial charge on any atom is -0.483 e. The number of carbonyl (C=O) groups excluding carboxylic acids is 2. The summed E-state index contributed by atoms with van der Waals surface area (Å²) in [5, 5.41) is 2.83. The van der Waals surface area contributed by atoms with E-state index in [0.29, 0.717) is 22.7 Å². The maximum Gasteiger partial charge on any atom is 0.260 e. The molecule has 1 aliphatic heterocycles. The zero-order valence-electron chi connectivity index (χ0n) is 16.5. The number of nitrogens with two attached hydrogens (primary N) is 1. The maximum absolute atomic E-state index is 12.6. The van der Waals surface area contributed by atoms with Gasteiger partial charge in [0.25, 0.3) is 11.8 Å². The number of aryl methyl sites for hydroxylation is 2. The van der Waals surface area contributed by atoms with Crippen molar-refractivity contribution in [3.8, 4) is 5.75 Å². The summed E-state index contributed by atoms with van der Waals surface area (Å²) in [7, 11) is 0. The van der Waals surface area contributed by atoms with Gasteiger partial charge in [-0.25, -0.2) is 0 Å². The van der Waals surface area contributed by atoms with E-state index >= 15 is 0 Å². The number of nitrogens with zero attached hydrogens (tertiary/aromatic N) is 1. The molecule has 1 saturated heterocycles. The van der Waals surface area contributed by atoms with Gasteiger partial charge in [-0.1, -0.05) is 12.1 Å². The molecule has 0 spiro atoms. The zero-order chi connectivity index (χ0) is 20.1. The third-order valence-corrected chi connectivity index (χ3v) is 4.98. The van der Waals surface area contributed by atoms with Crippen LogP contribution in [-0.4, -0.2) is 36.4 Å². The Morgan fingerprint density at radius 2 is 1.71 bits per heavy atom. The van der Waals surface area contributed by atoms with E-state index in [2.05, 4.69) is 5.32 Å². The number of amides is 2. The molecule has 0 aromatic heterocycles. The van der Waals surface area contributed by atoms with Gasteiger partial charge in [-0.2, -0.15) is 0 Å². The van der Waals surface area contributed by atoms with Crippen molar-refractivity contribution in [3.05, 3.63) is 53.1 Å². The summed E-state index contributed by atoms with van der Waals surface area (Å²) < 4.78 is 5.81. The second-order valence-corrected chi connectivity index (χ2v) is 7.21. The lowest BCUT2D eigenvalue weighted by atomic mass is 10.0. The largest absolute Gasteiger partial charge is 0.483 e. The van der Waals surface area contributed by atoms with E-state index in [9.17, 15) is 9.59 Å². The van der Waals surface area contributed by atoms with Crippen molar-refractivity contribution < 1.29 is 14.3 Å². The Kier molecular flexibility index (Phi) is 6.19. The maximum atomic E-state index is 12.6. The molecule has 1 heterocycles. The topological polar surface area (TPSA) is 84.7 Å². The van der Waals surface area contributed by atoms with Crippen molar-refractivity contribution in [1.29, 1.82) is 0 Å². The van der Waals surface area contributed by atoms with Crippen LogP contribution in [0.2, 0.25) is 0 Å². The fourth-order valence-electron chi connectivity index (χ4n) is 3.48. The van der Waals surface area contributed by atoms with E-state index in [1.54, 1.807) is 24.3 Å². The number of benzene rings is 2. The van der Waals surface area contributed by atoms with Gasteiger partial charge in [0.15, 0.2) is 6.61 Å². The van der Waals surface area contributed by atoms with Crippen LogP contribution in [0.4, 0.5) is 11.4 Å². The van der Waals surface area contributed by atoms with Crippen LogP contribution in [0.15, 0.2) is 36.4 Å². The van der Waals surface area contributed by atoms with Gasteiger partial charge in [0.05, 0.1) is 11.4 Å². The van der Waals surface area contributed by atoms with Crippen molar-refractivity contribution in [2.45, 2.75) is 33.1 Å². The zero-order valence-corrected chi connectivity index (χ0v) is 16.5. The summed E-state index contributed by atoms with van der Waals surface area (Å²) in [6.45, 7) is 5.39. The number of para-hydroxylation sites is 2. The summed E-state index contributed by atoms with van der Waals surface area (Å²) in [5.41, 5.74) is 9.14. The molecule has 28 heavy (non-hydrogen) atoms. The number of anilines is 2. The molecule has 6 heteroatoms. The second-order valence-electron chi connectivity index (χ2n) is 7.21. The summed E-state index contributed by atoms with van der Waals surface area (Å²) in [6, 6.07) is 10.7. The first-order valence-electron chi connectivity index (χ1n) is 9.63. The number of rotatable bonds is 5. The van der Waals surface area contributed by atoms with Crippen LogP contribution in [0.25, 0.3) is 0 Å². The summed E-state index contributed by atoms with van der Waals surface area (Å²) in [4.78, 5) is 26.8. The Morgan fingerprint density at radius 3 is 2.36 bits per heavy atom. The van der Waals surface area contributed by atoms with E-state index < -0.39 is 0 Å². The van der Waals surface area contributed by atoms with E-state index in [-0.39, 0.29) is 18.4 Å². The average molecular weight is 381 g/mol. The molecule has 0 saturated carbocycles. The highest BCUT2D eigenvalue weighted by molar-refractivity contribution is 6.06. The van der Waals surface area contributed by atoms with E-state index in [1.165, 1.54) is 6.42 Å². The van der Waals surface area contributed by atoms with Gasteiger partial charge < -0.3 is 20.7 Å². The standard InChI is InChI=1S/C22H27N3O3/c1-15-12-17(22(27)24-19-9-5-4-8-18(19)23)13-16(2)21(15)28-14-20(26)25-10-6-3-7-11-25/h4-5,8-9,12-13H,3,6-7,10-11,14,23H2,1-2H3,(H,24,27). The molecular formula is C22H27N3O3. The molecule has 6 nitrogen and oxygen atoms in total. The smallest absolute Gasteiger partial charge is 0.260 e. The molecule has 1 fully saturated rings. The van der Waals surface area contributed by atoms with Crippen LogP contribution < -0.4 is 15.8 Å². The number of nitrogen functional groups attached to an aromatic ring is 1. The third-order valence-electron chi connectivity index (χ3n) is 4.98. The van der Waals surface area contributed by atoms with E-state index in [0.717, 1.165) is 37.1 Å². The van der Waals surface area contributed by atoms with Crippen LogP contribution in [0.3, 0.4) is 0 Å². The fraction of sp³-hybridized carbons (Fsp3) is 0.364. The molecule has 2 amide bonds. The van der Waals surface area contributed by atoms with Gasteiger partial charge in [-0.3, -0.25) is 9.59 Å². The molecule has 0 atom stereocenters. The number of carbonyl (C=O) groups is 2. The summed E-state index contributed by atoms with van der Waals surface area (Å²) in [5.74, 6) is 0.432. The van der Waals surface area contributed by atoms with Crippen LogP contribution in [-0.2, 0) is 4.79 Å². The lowest BCUT2D eigenvalue weighted by Crippen LogP contribution is -2.38. The normalized spacial score (nSPS) is 13.9. The monoisotopic (exact) mass is 381 g/mol. The van der Waals surface area contributed by atoms with Crippen molar-refractivity contribution in [3.63, 3.8) is 0 Å². The SMILES string of the molecule is Cc1cc(C(=O)Nc2ccccc2N)cc(C)c1OCC(=O)N1CCCCC1. The van der Waals surface area contributed by atoms with Crippen LogP contribution >= 0.6 is 0 Å². The van der Waals surface area contributed by atoms with Crippen LogP contribution in [0.1, 0.15) is 40.7 Å². The first-order chi connectivity index (χ1) is 13.5. The molecular weight excluding hydrogens is 354 g/mol. The summed E-state index contributed by atoms with van der Waals surface area (Å²) in [6.07, 6.45) is 3.29. The lowest BCUT2D eigenvalue weighted by Gasteiger charge is -2.26. The molecule has 2 aromatic rings. The van der Waals surface area contributed by atoms with E-state index in [4.69, 9.17) is 10.5 Å². The first kappa shape index (κ1) is 19.7. The highest BCUT2D eigenvalue weighted by Crippen LogP contribution is 2.26. The molecule has 0 aliphatic carbocycles. The van der Waals surface area contributed by atoms with Gasteiger partial charge in [-0.05, 0) is 68.5 Å². The molecule has 0 radical (unpaired) electrons. The molecule has 3 rings (SSSR count). The molecule has 1 aliphatic rings. The molecule has 0 unspecified atom stereocenters. The predicted molar refractivity (Wildman–Crippen MR) is 111 cm³/mol. The van der Waals surface area contributed by atoms with Crippen LogP contribution in [0.5, 0.6) is 5.75 Å². The number of nitrogens with one attached hydrogen (secondary N) is 1. The molecule has 3 N–H and O–H groups in total. The fourth-order valence-corrected chi connectivity index (χ4v) is 3.48. The minimum absolute atomic E-state index is 0.0138. The number of piperidine rings is 1. The number of likely N-dealkylation sites (tertiary alicyclic amines) is 1. The highest BCUT2D eigenvalue weighted by Gasteiger charge is 2.18. The quantitative estimate of drug-likeness (QED) is 0.776. The molecule has 2 aromatic carbocycles. The number of ether oxygens (including phenoxy) is 1. The Hall–Kier alpha value is -3.02. The second kappa shape index (κ2) is 8.78. The number of hydrogen-bond donors (Lipinski definition) is 2. The first-order valence-corrected chi connectivity index (χ1v) is 9.63. The van der Waals surface area contributed by atoms with E-state index in [1.807, 2.05) is 30.9 Å². The molecule has 148 valence electrons. The highest BCUT2D eigenvalue weighted by atomic mass is 16.5. The Labute approximate surface area is 165 Å². The average Bonchev–Trinajstić information content (AvgIpc) is 2.69. The van der Waals surface area contributed by atoms with Gasteiger partial charge in [-0.15, -0.1) is 0 Å². The molecule has 0 bridgehead atoms. The Morgan fingerprint density at radius 1 is 1.07 bits per heavy atom. The van der Waals surface area contributed by atoms with Gasteiger partial charge in [0, 0.05) is 18.7 Å². The van der Waals surface area contributed by atoms with Gasteiger partial charge in [0.1, 0.15) is 5.75 Å². The lowest BCUT2D eigenvalue weighted by molar-refractivity contribution is -0.134. The number of hydrogen-bond acceptors (Lipinski definition) is 4. The van der Waals surface area contributed by atoms with Gasteiger partial charge in [0.2, 0.25) is 0 Å². The van der Waals surface area contributed by atoms with Gasteiger partial charge >= 0.3 is 0 Å². The predicted octanol–water partition coefficient (Wildman–Crippen LogP) is 3.53. The third kappa shape index (κ3) is 4.63. The van der Waals surface area contributed by atoms with Crippen molar-refractivity contribution in [1.82, 2.24) is 4.90 Å². The van der Waals surface area contributed by atoms with Crippen LogP contribution in [0, 0.1) is 13.8 Å². The van der Waals surface area contributed by atoms with Crippen molar-refractivity contribution in [2.24, 2.45) is 0 Å².